The number of carbonyl (C=O) groups excluding carboxylic acids is 2. The van der Waals surface area contributed by atoms with Crippen LogP contribution in [-0.2, 0) is 4.79 Å². The highest BCUT2D eigenvalue weighted by Gasteiger charge is 2.56. The summed E-state index contributed by atoms with van der Waals surface area (Å²) in [6.45, 7) is 4.80. The van der Waals surface area contributed by atoms with E-state index in [-0.39, 0.29) is 23.1 Å². The third-order valence-corrected chi connectivity index (χ3v) is 6.18. The fourth-order valence-corrected chi connectivity index (χ4v) is 4.66. The monoisotopic (exact) mass is 421 g/mol. The molecule has 0 bridgehead atoms. The molecule has 136 valence electrons. The first-order valence-corrected chi connectivity index (χ1v) is 9.88. The van der Waals surface area contributed by atoms with E-state index in [2.05, 4.69) is 27.4 Å². The Morgan fingerprint density at radius 1 is 1.15 bits per heavy atom. The molecule has 2 aliphatic rings. The molecule has 0 aromatic heterocycles. The minimum Gasteiger partial charge on any atom is -0.363 e. The summed E-state index contributed by atoms with van der Waals surface area (Å²) in [6, 6.07) is 17.0. The number of hydrogen-bond donors (Lipinski definition) is 0. The molecule has 4 heteroatoms. The molecular weight excluding hydrogens is 402 g/mol. The zero-order valence-electron chi connectivity index (χ0n) is 14.9. The van der Waals surface area contributed by atoms with Gasteiger partial charge in [-0.25, -0.2) is 0 Å². The zero-order valence-corrected chi connectivity index (χ0v) is 16.5. The summed E-state index contributed by atoms with van der Waals surface area (Å²) in [5.74, 6) is -0.451. The molecule has 0 amide bonds. The van der Waals surface area contributed by atoms with Crippen molar-refractivity contribution in [2.75, 3.05) is 6.54 Å². The summed E-state index contributed by atoms with van der Waals surface area (Å²) in [6.07, 6.45) is 5.28. The molecule has 1 fully saturated rings. The van der Waals surface area contributed by atoms with Gasteiger partial charge in [-0.2, -0.15) is 0 Å². The van der Waals surface area contributed by atoms with Gasteiger partial charge in [0.1, 0.15) is 5.54 Å². The van der Waals surface area contributed by atoms with Gasteiger partial charge in [-0.05, 0) is 30.5 Å². The molecular formula is C23H20BrNO2. The molecule has 2 atom stereocenters. The van der Waals surface area contributed by atoms with Crippen LogP contribution in [-0.4, -0.2) is 28.6 Å². The number of benzene rings is 2. The van der Waals surface area contributed by atoms with Crippen LogP contribution in [0, 0.1) is 0 Å². The Kier molecular flexibility index (Phi) is 4.60. The molecule has 27 heavy (non-hydrogen) atoms. The van der Waals surface area contributed by atoms with Crippen molar-refractivity contribution < 1.29 is 9.59 Å². The van der Waals surface area contributed by atoms with E-state index in [9.17, 15) is 9.59 Å². The van der Waals surface area contributed by atoms with Crippen molar-refractivity contribution in [2.24, 2.45) is 0 Å². The first-order valence-electron chi connectivity index (χ1n) is 9.09. The minimum atomic E-state index is -0.741. The second-order valence-corrected chi connectivity index (χ2v) is 7.97. The van der Waals surface area contributed by atoms with Gasteiger partial charge in [-0.1, -0.05) is 64.5 Å². The lowest BCUT2D eigenvalue weighted by Gasteiger charge is -2.38. The molecule has 1 saturated heterocycles. The van der Waals surface area contributed by atoms with Gasteiger partial charge in [-0.15, -0.1) is 6.58 Å². The first-order chi connectivity index (χ1) is 13.1. The van der Waals surface area contributed by atoms with Gasteiger partial charge >= 0.3 is 0 Å². The molecule has 0 saturated carbocycles. The Balaban J connectivity index is 1.74. The van der Waals surface area contributed by atoms with Crippen molar-refractivity contribution in [3.05, 3.63) is 94.6 Å². The molecule has 0 N–H and O–H groups in total. The van der Waals surface area contributed by atoms with Gasteiger partial charge in [0.15, 0.2) is 11.6 Å². The van der Waals surface area contributed by atoms with E-state index in [4.69, 9.17) is 0 Å². The van der Waals surface area contributed by atoms with Crippen LogP contribution in [0.15, 0.2) is 83.5 Å². The van der Waals surface area contributed by atoms with E-state index >= 15 is 0 Å². The standard InChI is InChI=1S/C23H20BrNO2/c1-2-20(16-9-11-18(24)12-10-16)23-13-6-14-25(23)15-19(22(23)27)21(26)17-7-4-3-5-8-17/h2-5,7-12,15,20H,1,6,13-14H2/t20-,23-/m1/s1. The van der Waals surface area contributed by atoms with Crippen LogP contribution in [0.5, 0.6) is 0 Å². The third kappa shape index (κ3) is 2.79. The Morgan fingerprint density at radius 2 is 1.85 bits per heavy atom. The number of halogens is 1. The van der Waals surface area contributed by atoms with Crippen molar-refractivity contribution in [1.29, 1.82) is 0 Å². The predicted octanol–water partition coefficient (Wildman–Crippen LogP) is 4.90. The van der Waals surface area contributed by atoms with Crippen molar-refractivity contribution in [2.45, 2.75) is 24.3 Å². The number of carbonyl (C=O) groups is 2. The Labute approximate surface area is 167 Å². The Bertz CT molecular complexity index is 933. The zero-order chi connectivity index (χ0) is 19.0. The highest BCUT2D eigenvalue weighted by atomic mass is 79.9. The highest BCUT2D eigenvalue weighted by Crippen LogP contribution is 2.48. The number of rotatable bonds is 5. The lowest BCUT2D eigenvalue weighted by Crippen LogP contribution is -2.49. The molecule has 0 spiro atoms. The fourth-order valence-electron chi connectivity index (χ4n) is 4.39. The van der Waals surface area contributed by atoms with Crippen LogP contribution in [0.3, 0.4) is 0 Å². The average Bonchev–Trinajstić information content (AvgIpc) is 3.22. The first kappa shape index (κ1) is 17.9. The maximum Gasteiger partial charge on any atom is 0.198 e. The second kappa shape index (κ2) is 6.93. The number of fused-ring (bicyclic) bond motifs is 1. The molecule has 4 rings (SSSR count). The smallest absolute Gasteiger partial charge is 0.198 e. The third-order valence-electron chi connectivity index (χ3n) is 5.65. The highest BCUT2D eigenvalue weighted by molar-refractivity contribution is 9.10. The van der Waals surface area contributed by atoms with Gasteiger partial charge in [0.2, 0.25) is 0 Å². The van der Waals surface area contributed by atoms with Crippen LogP contribution in [0.2, 0.25) is 0 Å². The van der Waals surface area contributed by atoms with Gasteiger partial charge in [0.25, 0.3) is 0 Å². The van der Waals surface area contributed by atoms with Gasteiger partial charge in [0.05, 0.1) is 5.57 Å². The summed E-state index contributed by atoms with van der Waals surface area (Å²) < 4.78 is 0.991. The maximum absolute atomic E-state index is 13.6. The van der Waals surface area contributed by atoms with Crippen LogP contribution >= 0.6 is 15.9 Å². The molecule has 2 heterocycles. The molecule has 0 unspecified atom stereocenters. The summed E-state index contributed by atoms with van der Waals surface area (Å²) >= 11 is 3.46. The molecule has 0 aliphatic carbocycles. The predicted molar refractivity (Wildman–Crippen MR) is 110 cm³/mol. The van der Waals surface area contributed by atoms with E-state index in [1.807, 2.05) is 48.5 Å². The van der Waals surface area contributed by atoms with E-state index in [1.54, 1.807) is 18.3 Å². The second-order valence-electron chi connectivity index (χ2n) is 7.05. The maximum atomic E-state index is 13.6. The summed E-state index contributed by atoms with van der Waals surface area (Å²) in [5, 5.41) is 0. The van der Waals surface area contributed by atoms with Gasteiger partial charge in [-0.3, -0.25) is 9.59 Å². The van der Waals surface area contributed by atoms with E-state index in [0.29, 0.717) is 5.56 Å². The van der Waals surface area contributed by atoms with E-state index < -0.39 is 5.54 Å². The van der Waals surface area contributed by atoms with Gasteiger partial charge < -0.3 is 4.90 Å². The summed E-state index contributed by atoms with van der Waals surface area (Å²) in [4.78, 5) is 28.6. The lowest BCUT2D eigenvalue weighted by atomic mass is 9.74. The van der Waals surface area contributed by atoms with Crippen molar-refractivity contribution in [3.8, 4) is 0 Å². The Hall–Kier alpha value is -2.46. The SMILES string of the molecule is C=C[C@H](c1ccc(Br)cc1)[C@@]12CCCN1C=C(C(=O)c1ccccc1)C2=O. The van der Waals surface area contributed by atoms with Crippen molar-refractivity contribution >= 4 is 27.5 Å². The number of hydrogen-bond acceptors (Lipinski definition) is 3. The van der Waals surface area contributed by atoms with Crippen LogP contribution in [0.1, 0.15) is 34.7 Å². The quantitative estimate of drug-likeness (QED) is 0.391. The summed E-state index contributed by atoms with van der Waals surface area (Å²) in [7, 11) is 0. The molecule has 2 aliphatic heterocycles. The molecule has 0 radical (unpaired) electrons. The average molecular weight is 422 g/mol. The lowest BCUT2D eigenvalue weighted by molar-refractivity contribution is -0.122. The van der Waals surface area contributed by atoms with Crippen LogP contribution < -0.4 is 0 Å². The van der Waals surface area contributed by atoms with E-state index in [0.717, 1.165) is 29.4 Å². The topological polar surface area (TPSA) is 37.4 Å². The van der Waals surface area contributed by atoms with Gasteiger partial charge in [0, 0.05) is 28.7 Å². The molecule has 2 aromatic rings. The normalized spacial score (nSPS) is 22.3. The number of nitrogens with zero attached hydrogens (tertiary/aromatic N) is 1. The fraction of sp³-hybridized carbons (Fsp3) is 0.217. The van der Waals surface area contributed by atoms with Crippen LogP contribution in [0.25, 0.3) is 0 Å². The Morgan fingerprint density at radius 3 is 2.52 bits per heavy atom. The minimum absolute atomic E-state index is 0.0818. The van der Waals surface area contributed by atoms with E-state index in [1.165, 1.54) is 0 Å². The number of ketones is 2. The molecule has 3 nitrogen and oxygen atoms in total. The van der Waals surface area contributed by atoms with Crippen molar-refractivity contribution in [1.82, 2.24) is 4.90 Å². The number of Topliss-reactive ketones (excluding diaryl/α,β-unsaturated/α-hetero) is 2. The van der Waals surface area contributed by atoms with Crippen molar-refractivity contribution in [3.63, 3.8) is 0 Å². The largest absolute Gasteiger partial charge is 0.363 e. The molecule has 2 aromatic carbocycles. The van der Waals surface area contributed by atoms with Crippen LogP contribution in [0.4, 0.5) is 0 Å². The summed E-state index contributed by atoms with van der Waals surface area (Å²) in [5.41, 5.74) is 1.13.